The Kier molecular flexibility index (Phi) is 6.48. The number of ether oxygens (including phenoxy) is 1. The lowest BCUT2D eigenvalue weighted by Gasteiger charge is -2.10. The average molecular weight is 531 g/mol. The first-order chi connectivity index (χ1) is 12.8. The summed E-state index contributed by atoms with van der Waals surface area (Å²) < 4.78 is 7.13. The molecule has 1 heterocycles. The van der Waals surface area contributed by atoms with Crippen LogP contribution in [0.4, 0.5) is 0 Å². The minimum atomic E-state index is -0.503. The normalized spacial score (nSPS) is 14.8. The molecule has 27 heavy (non-hydrogen) atoms. The predicted octanol–water partition coefficient (Wildman–Crippen LogP) is 6.96. The molecule has 1 aliphatic heterocycles. The van der Waals surface area contributed by atoms with Crippen LogP contribution in [-0.2, 0) is 4.79 Å². The topological polar surface area (TPSA) is 46.5 Å². The van der Waals surface area contributed by atoms with Crippen LogP contribution in [0.1, 0.15) is 17.0 Å². The van der Waals surface area contributed by atoms with E-state index in [9.17, 15) is 4.79 Å². The maximum absolute atomic E-state index is 12.1. The Balaban J connectivity index is 0.000000221. The average Bonchev–Trinajstić information content (AvgIpc) is 2.93. The second kappa shape index (κ2) is 8.65. The number of hydrogen-bond donors (Lipinski definition) is 1. The summed E-state index contributed by atoms with van der Waals surface area (Å²) >= 11 is 18.7. The number of fused-ring (bicyclic) bond motifs is 1. The molecule has 0 spiro atoms. The van der Waals surface area contributed by atoms with Crippen molar-refractivity contribution < 1.29 is 14.6 Å². The van der Waals surface area contributed by atoms with Crippen molar-refractivity contribution in [2.45, 2.75) is 5.92 Å². The summed E-state index contributed by atoms with van der Waals surface area (Å²) in [4.78, 5) is 12.1. The molecule has 3 nitrogen and oxygen atoms in total. The number of benzene rings is 3. The van der Waals surface area contributed by atoms with Crippen LogP contribution in [0, 0.1) is 0 Å². The van der Waals surface area contributed by atoms with Gasteiger partial charge in [0, 0.05) is 24.6 Å². The molecule has 3 aromatic carbocycles. The highest BCUT2D eigenvalue weighted by atomic mass is 79.9. The quantitative estimate of drug-likeness (QED) is 0.273. The Morgan fingerprint density at radius 2 is 1.52 bits per heavy atom. The molecule has 0 aromatic heterocycles. The number of aromatic hydroxyl groups is 1. The highest BCUT2D eigenvalue weighted by Gasteiger charge is 2.35. The minimum Gasteiger partial charge on any atom is -0.508 e. The molecular weight excluding hydrogens is 519 g/mol. The Morgan fingerprint density at radius 1 is 0.852 bits per heavy atom. The van der Waals surface area contributed by atoms with Gasteiger partial charge in [0.15, 0.2) is 0 Å². The van der Waals surface area contributed by atoms with Crippen LogP contribution in [0.3, 0.4) is 0 Å². The van der Waals surface area contributed by atoms with E-state index < -0.39 is 5.92 Å². The van der Waals surface area contributed by atoms with Crippen molar-refractivity contribution >= 4 is 61.0 Å². The van der Waals surface area contributed by atoms with Gasteiger partial charge in [-0.1, -0.05) is 61.1 Å². The fourth-order valence-corrected chi connectivity index (χ4v) is 3.76. The predicted molar refractivity (Wildman–Crippen MR) is 114 cm³/mol. The van der Waals surface area contributed by atoms with E-state index in [1.54, 1.807) is 48.5 Å². The number of phenolic OH excluding ortho intramolecular Hbond substituents is 1. The molecule has 0 bridgehead atoms. The van der Waals surface area contributed by atoms with E-state index in [2.05, 4.69) is 31.9 Å². The van der Waals surface area contributed by atoms with Gasteiger partial charge in [0.05, 0.1) is 0 Å². The van der Waals surface area contributed by atoms with E-state index >= 15 is 0 Å². The molecule has 0 saturated carbocycles. The Hall–Kier alpha value is -1.53. The van der Waals surface area contributed by atoms with Crippen LogP contribution >= 0.6 is 55.1 Å². The van der Waals surface area contributed by atoms with Crippen molar-refractivity contribution in [3.63, 3.8) is 0 Å². The van der Waals surface area contributed by atoms with Crippen LogP contribution in [0.2, 0.25) is 10.0 Å². The number of hydrogen-bond acceptors (Lipinski definition) is 3. The SMILES string of the molecule is O=C1Oc2ccc(Br)cc2C1c1ccc(Cl)cc1Cl.Oc1ccc(Br)cc1. The Bertz CT molecular complexity index is 970. The summed E-state index contributed by atoms with van der Waals surface area (Å²) in [6.07, 6.45) is 0. The molecule has 4 rings (SSSR count). The van der Waals surface area contributed by atoms with Crippen molar-refractivity contribution in [2.24, 2.45) is 0 Å². The lowest BCUT2D eigenvalue weighted by atomic mass is 9.93. The van der Waals surface area contributed by atoms with E-state index in [1.165, 1.54) is 0 Å². The van der Waals surface area contributed by atoms with E-state index in [0.717, 1.165) is 14.5 Å². The van der Waals surface area contributed by atoms with Crippen LogP contribution in [0.5, 0.6) is 11.5 Å². The van der Waals surface area contributed by atoms with Gasteiger partial charge >= 0.3 is 5.97 Å². The summed E-state index contributed by atoms with van der Waals surface area (Å²) in [5.74, 6) is 0.0482. The van der Waals surface area contributed by atoms with Crippen molar-refractivity contribution in [3.8, 4) is 11.5 Å². The van der Waals surface area contributed by atoms with Crippen molar-refractivity contribution in [1.29, 1.82) is 0 Å². The van der Waals surface area contributed by atoms with Gasteiger partial charge in [0.2, 0.25) is 0 Å². The summed E-state index contributed by atoms with van der Waals surface area (Å²) in [5, 5.41) is 9.73. The fourth-order valence-electron chi connectivity index (χ4n) is 2.60. The van der Waals surface area contributed by atoms with E-state index in [4.69, 9.17) is 33.0 Å². The first kappa shape index (κ1) is 20.2. The number of esters is 1. The number of rotatable bonds is 1. The molecule has 138 valence electrons. The second-order valence-corrected chi connectivity index (χ2v) is 8.35. The largest absolute Gasteiger partial charge is 0.508 e. The van der Waals surface area contributed by atoms with Gasteiger partial charge in [-0.15, -0.1) is 0 Å². The van der Waals surface area contributed by atoms with Gasteiger partial charge < -0.3 is 9.84 Å². The van der Waals surface area contributed by atoms with Gasteiger partial charge in [0.1, 0.15) is 17.4 Å². The van der Waals surface area contributed by atoms with Crippen LogP contribution in [0.15, 0.2) is 69.6 Å². The zero-order chi connectivity index (χ0) is 19.6. The molecule has 1 atom stereocenters. The van der Waals surface area contributed by atoms with Gasteiger partial charge in [-0.05, 0) is 60.2 Å². The summed E-state index contributed by atoms with van der Waals surface area (Å²) in [7, 11) is 0. The molecular formula is C20H12Br2Cl2O3. The van der Waals surface area contributed by atoms with Crippen LogP contribution < -0.4 is 4.74 Å². The maximum atomic E-state index is 12.1. The number of phenols is 1. The second-order valence-electron chi connectivity index (χ2n) is 5.68. The fraction of sp³-hybridized carbons (Fsp3) is 0.0500. The third-order valence-electron chi connectivity index (χ3n) is 3.83. The molecule has 0 saturated heterocycles. The van der Waals surface area contributed by atoms with Gasteiger partial charge in [-0.3, -0.25) is 4.79 Å². The monoisotopic (exact) mass is 528 g/mol. The molecule has 1 aliphatic rings. The third-order valence-corrected chi connectivity index (χ3v) is 5.41. The summed E-state index contributed by atoms with van der Waals surface area (Å²) in [6.45, 7) is 0. The Labute approximate surface area is 183 Å². The number of carbonyl (C=O) groups excluding carboxylic acids is 1. The molecule has 3 aromatic rings. The molecule has 7 heteroatoms. The molecule has 1 N–H and O–H groups in total. The number of halogens is 4. The minimum absolute atomic E-state index is 0.299. The van der Waals surface area contributed by atoms with Crippen LogP contribution in [-0.4, -0.2) is 11.1 Å². The zero-order valence-corrected chi connectivity index (χ0v) is 18.3. The highest BCUT2D eigenvalue weighted by molar-refractivity contribution is 9.10. The van der Waals surface area contributed by atoms with Crippen LogP contribution in [0.25, 0.3) is 0 Å². The summed E-state index contributed by atoms with van der Waals surface area (Å²) in [5.41, 5.74) is 1.51. The third kappa shape index (κ3) is 4.85. The first-order valence-corrected chi connectivity index (χ1v) is 10.1. The maximum Gasteiger partial charge on any atom is 0.323 e. The molecule has 0 amide bonds. The first-order valence-electron chi connectivity index (χ1n) is 7.76. The highest BCUT2D eigenvalue weighted by Crippen LogP contribution is 2.42. The lowest BCUT2D eigenvalue weighted by Crippen LogP contribution is -2.11. The number of carbonyl (C=O) groups is 1. The van der Waals surface area contributed by atoms with Crippen molar-refractivity contribution in [3.05, 3.63) is 90.8 Å². The van der Waals surface area contributed by atoms with Gasteiger partial charge in [0.25, 0.3) is 0 Å². The lowest BCUT2D eigenvalue weighted by molar-refractivity contribution is -0.133. The van der Waals surface area contributed by atoms with Crippen molar-refractivity contribution in [2.75, 3.05) is 0 Å². The molecule has 0 fully saturated rings. The zero-order valence-electron chi connectivity index (χ0n) is 13.6. The standard InChI is InChI=1S/C14H7BrCl2O2.C6H5BrO/c15-7-1-4-12-10(5-7)13(14(18)19-12)9-3-2-8(16)6-11(9)17;7-5-1-3-6(8)4-2-5/h1-6,13H;1-4,8H. The molecule has 0 radical (unpaired) electrons. The Morgan fingerprint density at radius 3 is 2.15 bits per heavy atom. The van der Waals surface area contributed by atoms with Crippen molar-refractivity contribution in [1.82, 2.24) is 0 Å². The smallest absolute Gasteiger partial charge is 0.323 e. The summed E-state index contributed by atoms with van der Waals surface area (Å²) in [6, 6.07) is 17.4. The van der Waals surface area contributed by atoms with Gasteiger partial charge in [-0.25, -0.2) is 0 Å². The molecule has 1 unspecified atom stereocenters. The van der Waals surface area contributed by atoms with E-state index in [1.807, 2.05) is 12.1 Å². The van der Waals surface area contributed by atoms with E-state index in [0.29, 0.717) is 27.1 Å². The molecule has 0 aliphatic carbocycles. The van der Waals surface area contributed by atoms with Gasteiger partial charge in [-0.2, -0.15) is 0 Å². The van der Waals surface area contributed by atoms with E-state index in [-0.39, 0.29) is 5.97 Å².